The van der Waals surface area contributed by atoms with Gasteiger partial charge in [-0.1, -0.05) is 35.9 Å². The van der Waals surface area contributed by atoms with Crippen molar-refractivity contribution in [1.82, 2.24) is 10.3 Å². The van der Waals surface area contributed by atoms with Gasteiger partial charge in [-0.05, 0) is 36.4 Å². The van der Waals surface area contributed by atoms with Crippen LogP contribution in [0, 0.1) is 0 Å². The number of benzene rings is 2. The average Bonchev–Trinajstić information content (AvgIpc) is 3.44. The first-order valence-corrected chi connectivity index (χ1v) is 10.7. The molecule has 6 nitrogen and oxygen atoms in total. The number of anilines is 1. The van der Waals surface area contributed by atoms with E-state index in [4.69, 9.17) is 16.0 Å². The highest BCUT2D eigenvalue weighted by atomic mass is 35.5. The number of furan rings is 1. The van der Waals surface area contributed by atoms with E-state index in [2.05, 4.69) is 15.6 Å². The van der Waals surface area contributed by atoms with Gasteiger partial charge in [-0.2, -0.15) is 0 Å². The van der Waals surface area contributed by atoms with E-state index in [0.29, 0.717) is 27.7 Å². The predicted molar refractivity (Wildman–Crippen MR) is 121 cm³/mol. The quantitative estimate of drug-likeness (QED) is 0.406. The molecule has 0 spiro atoms. The Hall–Kier alpha value is -3.42. The molecule has 0 bridgehead atoms. The molecular weight excluding hydrogens is 434 g/mol. The van der Waals surface area contributed by atoms with Gasteiger partial charge in [0.15, 0.2) is 0 Å². The maximum absolute atomic E-state index is 12.6. The van der Waals surface area contributed by atoms with Crippen molar-refractivity contribution in [1.29, 1.82) is 0 Å². The maximum atomic E-state index is 12.6. The number of hydrogen-bond donors (Lipinski definition) is 2. The highest BCUT2D eigenvalue weighted by molar-refractivity contribution is 7.13. The number of aromatic nitrogens is 1. The molecule has 2 aromatic carbocycles. The molecule has 0 aliphatic carbocycles. The monoisotopic (exact) mass is 451 g/mol. The first kappa shape index (κ1) is 20.8. The summed E-state index contributed by atoms with van der Waals surface area (Å²) >= 11 is 7.49. The summed E-state index contributed by atoms with van der Waals surface area (Å²) in [5.41, 5.74) is 2.37. The number of thiazole rings is 1. The number of nitrogens with one attached hydrogen (secondary N) is 2. The van der Waals surface area contributed by atoms with Crippen LogP contribution in [0.15, 0.2) is 76.7 Å². The number of carbonyl (C=O) groups is 2. The van der Waals surface area contributed by atoms with Crippen LogP contribution in [-0.2, 0) is 17.8 Å². The Kier molecular flexibility index (Phi) is 6.45. The van der Waals surface area contributed by atoms with Crippen molar-refractivity contribution in [2.45, 2.75) is 13.0 Å². The highest BCUT2D eigenvalue weighted by Crippen LogP contribution is 2.26. The topological polar surface area (TPSA) is 84.2 Å². The van der Waals surface area contributed by atoms with Gasteiger partial charge in [-0.25, -0.2) is 4.98 Å². The first-order valence-electron chi connectivity index (χ1n) is 9.48. The lowest BCUT2D eigenvalue weighted by atomic mass is 10.1. The van der Waals surface area contributed by atoms with Crippen molar-refractivity contribution in [2.75, 3.05) is 5.32 Å². The molecular formula is C23H18ClN3O3S. The van der Waals surface area contributed by atoms with Gasteiger partial charge in [-0.15, -0.1) is 11.3 Å². The minimum absolute atomic E-state index is 0.0966. The fourth-order valence-corrected chi connectivity index (χ4v) is 3.97. The Labute approximate surface area is 187 Å². The van der Waals surface area contributed by atoms with E-state index in [9.17, 15) is 9.59 Å². The first-order chi connectivity index (χ1) is 15.1. The minimum Gasteiger partial charge on any atom is -0.467 e. The van der Waals surface area contributed by atoms with E-state index in [0.717, 1.165) is 10.6 Å². The molecule has 8 heteroatoms. The Morgan fingerprint density at radius 1 is 1.06 bits per heavy atom. The van der Waals surface area contributed by atoms with Crippen LogP contribution in [-0.4, -0.2) is 16.8 Å². The Morgan fingerprint density at radius 2 is 1.94 bits per heavy atom. The summed E-state index contributed by atoms with van der Waals surface area (Å²) in [7, 11) is 0. The summed E-state index contributed by atoms with van der Waals surface area (Å²) in [5, 5.41) is 8.87. The molecule has 0 saturated heterocycles. The Bertz CT molecular complexity index is 1200. The molecule has 0 fully saturated rings. The number of carbonyl (C=O) groups excluding carboxylic acids is 2. The predicted octanol–water partition coefficient (Wildman–Crippen LogP) is 5.17. The van der Waals surface area contributed by atoms with Gasteiger partial charge in [-0.3, -0.25) is 9.59 Å². The largest absolute Gasteiger partial charge is 0.467 e. The molecule has 4 aromatic rings. The van der Waals surface area contributed by atoms with Gasteiger partial charge in [0.1, 0.15) is 10.8 Å². The zero-order valence-corrected chi connectivity index (χ0v) is 17.9. The van der Waals surface area contributed by atoms with Crippen LogP contribution in [0.25, 0.3) is 10.6 Å². The van der Waals surface area contributed by atoms with Gasteiger partial charge < -0.3 is 15.1 Å². The van der Waals surface area contributed by atoms with Crippen molar-refractivity contribution in [3.63, 3.8) is 0 Å². The van der Waals surface area contributed by atoms with Gasteiger partial charge in [0.25, 0.3) is 5.91 Å². The maximum Gasteiger partial charge on any atom is 0.253 e. The summed E-state index contributed by atoms with van der Waals surface area (Å²) in [6.07, 6.45) is 1.64. The molecule has 2 N–H and O–H groups in total. The number of halogens is 1. The molecule has 0 atom stereocenters. The van der Waals surface area contributed by atoms with Crippen LogP contribution >= 0.6 is 22.9 Å². The van der Waals surface area contributed by atoms with Crippen LogP contribution in [0.1, 0.15) is 21.8 Å². The van der Waals surface area contributed by atoms with Crippen LogP contribution in [0.2, 0.25) is 5.02 Å². The van der Waals surface area contributed by atoms with E-state index in [1.54, 1.807) is 48.7 Å². The van der Waals surface area contributed by atoms with E-state index in [1.807, 2.05) is 23.6 Å². The number of para-hydroxylation sites is 1. The third kappa shape index (κ3) is 5.39. The molecule has 4 rings (SSSR count). The molecule has 2 amide bonds. The molecule has 156 valence electrons. The summed E-state index contributed by atoms with van der Waals surface area (Å²) in [4.78, 5) is 29.7. The molecule has 0 unspecified atom stereocenters. The highest BCUT2D eigenvalue weighted by Gasteiger charge is 2.15. The van der Waals surface area contributed by atoms with E-state index in [1.165, 1.54) is 11.3 Å². The van der Waals surface area contributed by atoms with Gasteiger partial charge in [0, 0.05) is 16.0 Å². The third-order valence-corrected chi connectivity index (χ3v) is 5.59. The van der Waals surface area contributed by atoms with Gasteiger partial charge in [0.2, 0.25) is 5.91 Å². The normalized spacial score (nSPS) is 10.6. The average molecular weight is 452 g/mol. The summed E-state index contributed by atoms with van der Waals surface area (Å²) in [6, 6.07) is 17.8. The number of nitrogens with zero attached hydrogens (tertiary/aromatic N) is 1. The van der Waals surface area contributed by atoms with Crippen molar-refractivity contribution in [3.05, 3.63) is 94.3 Å². The standard InChI is InChI=1S/C23H18ClN3O3S/c24-16-6-3-5-15(11-16)23-26-17(14-31-23)12-21(28)27-20-9-2-1-8-19(20)22(29)25-13-18-7-4-10-30-18/h1-11,14H,12-13H2,(H,25,29)(H,27,28). The minimum atomic E-state index is -0.302. The lowest BCUT2D eigenvalue weighted by molar-refractivity contribution is -0.115. The van der Waals surface area contributed by atoms with Crippen molar-refractivity contribution in [2.24, 2.45) is 0 Å². The second kappa shape index (κ2) is 9.59. The fraction of sp³-hybridized carbons (Fsp3) is 0.0870. The number of hydrogen-bond acceptors (Lipinski definition) is 5. The van der Waals surface area contributed by atoms with E-state index >= 15 is 0 Å². The van der Waals surface area contributed by atoms with Crippen LogP contribution in [0.3, 0.4) is 0 Å². The lowest BCUT2D eigenvalue weighted by Crippen LogP contribution is -2.25. The number of rotatable bonds is 7. The van der Waals surface area contributed by atoms with E-state index < -0.39 is 0 Å². The van der Waals surface area contributed by atoms with Crippen LogP contribution in [0.5, 0.6) is 0 Å². The smallest absolute Gasteiger partial charge is 0.253 e. The van der Waals surface area contributed by atoms with E-state index in [-0.39, 0.29) is 24.8 Å². The fourth-order valence-electron chi connectivity index (χ4n) is 2.97. The summed E-state index contributed by atoms with van der Waals surface area (Å²) < 4.78 is 5.22. The van der Waals surface area contributed by atoms with Crippen molar-refractivity contribution < 1.29 is 14.0 Å². The Morgan fingerprint density at radius 3 is 2.74 bits per heavy atom. The van der Waals surface area contributed by atoms with Crippen molar-refractivity contribution >= 4 is 40.4 Å². The summed E-state index contributed by atoms with van der Waals surface area (Å²) in [5.74, 6) is 0.0901. The number of amides is 2. The molecule has 0 radical (unpaired) electrons. The SMILES string of the molecule is O=C(Cc1csc(-c2cccc(Cl)c2)n1)Nc1ccccc1C(=O)NCc1ccco1. The van der Waals surface area contributed by atoms with Crippen LogP contribution in [0.4, 0.5) is 5.69 Å². The molecule has 0 aliphatic rings. The molecule has 0 aliphatic heterocycles. The van der Waals surface area contributed by atoms with Crippen molar-refractivity contribution in [3.8, 4) is 10.6 Å². The third-order valence-electron chi connectivity index (χ3n) is 4.41. The lowest BCUT2D eigenvalue weighted by Gasteiger charge is -2.10. The zero-order valence-electron chi connectivity index (χ0n) is 16.3. The summed E-state index contributed by atoms with van der Waals surface area (Å²) in [6.45, 7) is 0.263. The zero-order chi connectivity index (χ0) is 21.6. The molecule has 31 heavy (non-hydrogen) atoms. The van der Waals surface area contributed by atoms with Gasteiger partial charge >= 0.3 is 0 Å². The second-order valence-electron chi connectivity index (χ2n) is 6.69. The second-order valence-corrected chi connectivity index (χ2v) is 7.98. The Balaban J connectivity index is 1.40. The van der Waals surface area contributed by atoms with Gasteiger partial charge in [0.05, 0.1) is 36.2 Å². The van der Waals surface area contributed by atoms with Crippen LogP contribution < -0.4 is 10.6 Å². The molecule has 0 saturated carbocycles. The molecule has 2 aromatic heterocycles. The molecule has 2 heterocycles.